The Kier molecular flexibility index (Phi) is 5.83. The summed E-state index contributed by atoms with van der Waals surface area (Å²) >= 11 is 6.13. The Morgan fingerprint density at radius 1 is 1.00 bits per heavy atom. The fourth-order valence-corrected chi connectivity index (χ4v) is 5.40. The predicted molar refractivity (Wildman–Crippen MR) is 103 cm³/mol. The molecule has 0 N–H and O–H groups in total. The second-order valence-electron chi connectivity index (χ2n) is 6.18. The van der Waals surface area contributed by atoms with Crippen LogP contribution < -0.4 is 14.2 Å². The highest BCUT2D eigenvalue weighted by molar-refractivity contribution is 7.89. The van der Waals surface area contributed by atoms with E-state index in [1.807, 2.05) is 12.1 Å². The van der Waals surface area contributed by atoms with Gasteiger partial charge in [-0.25, -0.2) is 8.42 Å². The lowest BCUT2D eigenvalue weighted by Crippen LogP contribution is -2.31. The largest absolute Gasteiger partial charge is 0.497 e. The minimum Gasteiger partial charge on any atom is -0.497 e. The molecule has 3 rings (SSSR count). The SMILES string of the molecule is COc1ccc(C2CCCN2S(=O)(=O)c2ccc(OC)c(Cl)c2)c(OC)c1. The highest BCUT2D eigenvalue weighted by Crippen LogP contribution is 2.42. The second kappa shape index (κ2) is 7.96. The average Bonchev–Trinajstić information content (AvgIpc) is 3.17. The van der Waals surface area contributed by atoms with Crippen LogP contribution in [0, 0.1) is 0 Å². The van der Waals surface area contributed by atoms with Gasteiger partial charge in [0.25, 0.3) is 0 Å². The van der Waals surface area contributed by atoms with E-state index in [-0.39, 0.29) is 16.0 Å². The van der Waals surface area contributed by atoms with Gasteiger partial charge in [0, 0.05) is 18.2 Å². The van der Waals surface area contributed by atoms with Crippen molar-refractivity contribution in [2.45, 2.75) is 23.8 Å². The lowest BCUT2D eigenvalue weighted by Gasteiger charge is -2.26. The van der Waals surface area contributed by atoms with Gasteiger partial charge in [-0.3, -0.25) is 0 Å². The minimum absolute atomic E-state index is 0.146. The number of halogens is 1. The van der Waals surface area contributed by atoms with Crippen LogP contribution in [-0.4, -0.2) is 40.6 Å². The molecule has 8 heteroatoms. The Morgan fingerprint density at radius 2 is 1.74 bits per heavy atom. The summed E-state index contributed by atoms with van der Waals surface area (Å²) in [5, 5.41) is 0.261. The number of hydrogen-bond acceptors (Lipinski definition) is 5. The molecule has 2 aromatic rings. The molecule has 0 amide bonds. The van der Waals surface area contributed by atoms with Crippen molar-refractivity contribution in [2.24, 2.45) is 0 Å². The third kappa shape index (κ3) is 3.72. The van der Waals surface area contributed by atoms with E-state index in [0.717, 1.165) is 12.0 Å². The minimum atomic E-state index is -3.72. The quantitative estimate of drug-likeness (QED) is 0.721. The van der Waals surface area contributed by atoms with E-state index in [4.69, 9.17) is 25.8 Å². The lowest BCUT2D eigenvalue weighted by molar-refractivity contribution is 0.361. The van der Waals surface area contributed by atoms with Crippen LogP contribution in [0.4, 0.5) is 0 Å². The highest BCUT2D eigenvalue weighted by Gasteiger charge is 2.37. The topological polar surface area (TPSA) is 65.1 Å². The van der Waals surface area contributed by atoms with Crippen LogP contribution in [0.25, 0.3) is 0 Å². The average molecular weight is 412 g/mol. The molecule has 0 aromatic heterocycles. The number of hydrogen-bond donors (Lipinski definition) is 0. The first-order valence-electron chi connectivity index (χ1n) is 8.49. The molecule has 0 radical (unpaired) electrons. The zero-order valence-electron chi connectivity index (χ0n) is 15.4. The molecule has 1 atom stereocenters. The second-order valence-corrected chi connectivity index (χ2v) is 8.48. The summed E-state index contributed by atoms with van der Waals surface area (Å²) in [6.07, 6.45) is 1.48. The summed E-state index contributed by atoms with van der Waals surface area (Å²) in [7, 11) is 0.913. The zero-order chi connectivity index (χ0) is 19.6. The monoisotopic (exact) mass is 411 g/mol. The van der Waals surface area contributed by atoms with Gasteiger partial charge in [0.05, 0.1) is 37.3 Å². The van der Waals surface area contributed by atoms with Gasteiger partial charge in [-0.1, -0.05) is 17.7 Å². The van der Waals surface area contributed by atoms with Crippen LogP contribution in [0.5, 0.6) is 17.2 Å². The maximum absolute atomic E-state index is 13.3. The van der Waals surface area contributed by atoms with Gasteiger partial charge in [0.2, 0.25) is 10.0 Å². The number of benzene rings is 2. The molecular weight excluding hydrogens is 390 g/mol. The molecule has 1 aliphatic heterocycles. The summed E-state index contributed by atoms with van der Waals surface area (Å²) in [6.45, 7) is 0.436. The van der Waals surface area contributed by atoms with E-state index in [1.54, 1.807) is 26.4 Å². The first kappa shape index (κ1) is 19.8. The molecule has 27 heavy (non-hydrogen) atoms. The first-order valence-corrected chi connectivity index (χ1v) is 10.3. The van der Waals surface area contributed by atoms with Crippen molar-refractivity contribution < 1.29 is 22.6 Å². The van der Waals surface area contributed by atoms with Crippen molar-refractivity contribution in [2.75, 3.05) is 27.9 Å². The van der Waals surface area contributed by atoms with E-state index >= 15 is 0 Å². The van der Waals surface area contributed by atoms with Gasteiger partial charge in [-0.2, -0.15) is 4.31 Å². The number of nitrogens with zero attached hydrogens (tertiary/aromatic N) is 1. The maximum atomic E-state index is 13.3. The molecule has 0 aliphatic carbocycles. The maximum Gasteiger partial charge on any atom is 0.243 e. The summed E-state index contributed by atoms with van der Waals surface area (Å²) in [5.41, 5.74) is 0.819. The van der Waals surface area contributed by atoms with Crippen molar-refractivity contribution in [3.8, 4) is 17.2 Å². The molecule has 146 valence electrons. The van der Waals surface area contributed by atoms with Gasteiger partial charge in [0.15, 0.2) is 0 Å². The van der Waals surface area contributed by atoms with Gasteiger partial charge in [-0.05, 0) is 37.1 Å². The zero-order valence-corrected chi connectivity index (χ0v) is 17.0. The van der Waals surface area contributed by atoms with Crippen molar-refractivity contribution in [3.63, 3.8) is 0 Å². The smallest absolute Gasteiger partial charge is 0.243 e. The van der Waals surface area contributed by atoms with E-state index in [1.165, 1.54) is 23.5 Å². The van der Waals surface area contributed by atoms with Crippen LogP contribution in [0.2, 0.25) is 5.02 Å². The number of sulfonamides is 1. The van der Waals surface area contributed by atoms with E-state index < -0.39 is 10.0 Å². The number of rotatable bonds is 6. The van der Waals surface area contributed by atoms with Gasteiger partial charge >= 0.3 is 0 Å². The Morgan fingerprint density at radius 3 is 2.37 bits per heavy atom. The van der Waals surface area contributed by atoms with Crippen LogP contribution in [0.3, 0.4) is 0 Å². The molecule has 1 fully saturated rings. The molecule has 1 saturated heterocycles. The Labute approximate surface area is 164 Å². The predicted octanol–water partition coefficient (Wildman–Crippen LogP) is 3.89. The fourth-order valence-electron chi connectivity index (χ4n) is 3.38. The van der Waals surface area contributed by atoms with Crippen LogP contribution in [0.15, 0.2) is 41.3 Å². The van der Waals surface area contributed by atoms with Crippen molar-refractivity contribution in [1.29, 1.82) is 0 Å². The van der Waals surface area contributed by atoms with Gasteiger partial charge in [0.1, 0.15) is 17.2 Å². The normalized spacial score (nSPS) is 17.7. The summed E-state index contributed by atoms with van der Waals surface area (Å²) in [5.74, 6) is 1.70. The highest BCUT2D eigenvalue weighted by atomic mass is 35.5. The molecule has 1 heterocycles. The third-order valence-corrected chi connectivity index (χ3v) is 6.93. The summed E-state index contributed by atoms with van der Waals surface area (Å²) < 4.78 is 43.8. The Bertz CT molecular complexity index is 932. The molecule has 1 unspecified atom stereocenters. The number of methoxy groups -OCH3 is 3. The molecule has 0 spiro atoms. The third-order valence-electron chi connectivity index (χ3n) is 4.73. The van der Waals surface area contributed by atoms with Crippen molar-refractivity contribution in [1.82, 2.24) is 4.31 Å². The summed E-state index contributed by atoms with van der Waals surface area (Å²) in [6, 6.07) is 9.63. The van der Waals surface area contributed by atoms with E-state index in [0.29, 0.717) is 30.2 Å². The molecule has 1 aliphatic rings. The van der Waals surface area contributed by atoms with Crippen LogP contribution in [-0.2, 0) is 10.0 Å². The molecule has 6 nitrogen and oxygen atoms in total. The molecule has 2 aromatic carbocycles. The van der Waals surface area contributed by atoms with Crippen LogP contribution in [0.1, 0.15) is 24.4 Å². The Hall–Kier alpha value is -1.96. The van der Waals surface area contributed by atoms with Gasteiger partial charge in [-0.15, -0.1) is 0 Å². The van der Waals surface area contributed by atoms with Crippen molar-refractivity contribution in [3.05, 3.63) is 47.0 Å². The molecule has 0 saturated carbocycles. The first-order chi connectivity index (χ1) is 12.9. The van der Waals surface area contributed by atoms with E-state index in [2.05, 4.69) is 0 Å². The molecular formula is C19H22ClNO5S. The van der Waals surface area contributed by atoms with Crippen LogP contribution >= 0.6 is 11.6 Å². The van der Waals surface area contributed by atoms with Crippen molar-refractivity contribution >= 4 is 21.6 Å². The standard InChI is InChI=1S/C19H22ClNO5S/c1-24-13-6-8-15(19(11-13)26-3)17-5-4-10-21(17)27(22,23)14-7-9-18(25-2)16(20)12-14/h6-9,11-12,17H,4-5,10H2,1-3H3. The lowest BCUT2D eigenvalue weighted by atomic mass is 10.0. The van der Waals surface area contributed by atoms with Gasteiger partial charge < -0.3 is 14.2 Å². The molecule has 0 bridgehead atoms. The Balaban J connectivity index is 2.00. The fraction of sp³-hybridized carbons (Fsp3) is 0.368. The van der Waals surface area contributed by atoms with E-state index in [9.17, 15) is 8.42 Å². The summed E-state index contributed by atoms with van der Waals surface area (Å²) in [4.78, 5) is 0.146. The number of ether oxygens (including phenoxy) is 3.